The third-order valence-corrected chi connectivity index (χ3v) is 5.75. The molecule has 1 saturated heterocycles. The number of rotatable bonds is 3. The zero-order valence-electron chi connectivity index (χ0n) is 15.2. The van der Waals surface area contributed by atoms with E-state index < -0.39 is 5.60 Å². The number of hydrogen-bond acceptors (Lipinski definition) is 3. The lowest BCUT2D eigenvalue weighted by atomic mass is 9.83. The van der Waals surface area contributed by atoms with Crippen LogP contribution in [0.3, 0.4) is 0 Å². The second-order valence-corrected chi connectivity index (χ2v) is 7.74. The molecule has 1 heterocycles. The largest absolute Gasteiger partial charge is 0.456 e. The van der Waals surface area contributed by atoms with E-state index in [0.29, 0.717) is 28.2 Å². The maximum absolute atomic E-state index is 13.0. The molecule has 0 spiro atoms. The molecule has 1 aliphatic carbocycles. The molecule has 2 N–H and O–H groups in total. The van der Waals surface area contributed by atoms with Crippen molar-refractivity contribution in [2.24, 2.45) is 5.92 Å². The Morgan fingerprint density at radius 3 is 2.38 bits per heavy atom. The first-order valence-electron chi connectivity index (χ1n) is 9.31. The first-order valence-corrected chi connectivity index (χ1v) is 9.31. The minimum Gasteiger partial charge on any atom is -0.456 e. The number of hydrogen-bond donors (Lipinski definition) is 1. The molecule has 0 unspecified atom stereocenters. The lowest BCUT2D eigenvalue weighted by Crippen LogP contribution is -2.86. The molecule has 1 aliphatic heterocycles. The number of quaternary nitrogens is 1. The monoisotopic (exact) mass is 350 g/mol. The van der Waals surface area contributed by atoms with Crippen LogP contribution in [0.25, 0.3) is 11.1 Å². The van der Waals surface area contributed by atoms with Gasteiger partial charge in [0.05, 0.1) is 18.7 Å². The van der Waals surface area contributed by atoms with Crippen LogP contribution in [-0.2, 0) is 4.74 Å². The van der Waals surface area contributed by atoms with E-state index in [0.717, 1.165) is 31.5 Å². The van der Waals surface area contributed by atoms with E-state index in [-0.39, 0.29) is 11.8 Å². The molecule has 0 atom stereocenters. The van der Waals surface area contributed by atoms with Crippen molar-refractivity contribution < 1.29 is 19.6 Å². The number of ether oxygens (including phenoxy) is 1. The molecule has 4 heteroatoms. The minimum absolute atomic E-state index is 0.0210. The molecule has 0 amide bonds. The van der Waals surface area contributed by atoms with Crippen molar-refractivity contribution in [1.82, 2.24) is 0 Å². The summed E-state index contributed by atoms with van der Waals surface area (Å²) in [5, 5.41) is 2.31. The van der Waals surface area contributed by atoms with Gasteiger partial charge in [0.1, 0.15) is 5.60 Å². The van der Waals surface area contributed by atoms with Crippen molar-refractivity contribution in [3.8, 4) is 11.1 Å². The van der Waals surface area contributed by atoms with Crippen LogP contribution in [0.4, 0.5) is 0 Å². The average molecular weight is 350 g/mol. The maximum atomic E-state index is 13.0. The minimum atomic E-state index is -0.518. The fourth-order valence-corrected chi connectivity index (χ4v) is 4.25. The Morgan fingerprint density at radius 2 is 1.65 bits per heavy atom. The molecule has 0 saturated carbocycles. The lowest BCUT2D eigenvalue weighted by molar-refractivity contribution is -0.665. The Labute approximate surface area is 153 Å². The van der Waals surface area contributed by atoms with Crippen LogP contribution in [0.5, 0.6) is 0 Å². The summed E-state index contributed by atoms with van der Waals surface area (Å²) in [5.41, 5.74) is 2.75. The van der Waals surface area contributed by atoms with E-state index in [2.05, 4.69) is 5.32 Å². The van der Waals surface area contributed by atoms with Gasteiger partial charge >= 0.3 is 5.97 Å². The van der Waals surface area contributed by atoms with E-state index in [1.165, 1.54) is 0 Å². The molecule has 2 aromatic rings. The van der Waals surface area contributed by atoms with Crippen LogP contribution in [0.1, 0.15) is 53.0 Å². The number of benzene rings is 2. The van der Waals surface area contributed by atoms with Gasteiger partial charge in [0.25, 0.3) is 0 Å². The Kier molecular flexibility index (Phi) is 4.16. The molecule has 0 bridgehead atoms. The summed E-state index contributed by atoms with van der Waals surface area (Å²) < 4.78 is 5.97. The topological polar surface area (TPSA) is 60.0 Å². The molecule has 2 aromatic carbocycles. The van der Waals surface area contributed by atoms with Gasteiger partial charge < -0.3 is 10.1 Å². The molecular weight excluding hydrogens is 326 g/mol. The van der Waals surface area contributed by atoms with Gasteiger partial charge in [0, 0.05) is 35.4 Å². The van der Waals surface area contributed by atoms with Crippen molar-refractivity contribution in [3.63, 3.8) is 0 Å². The van der Waals surface area contributed by atoms with Crippen LogP contribution in [0, 0.1) is 5.92 Å². The van der Waals surface area contributed by atoms with E-state index in [1.54, 1.807) is 18.2 Å². The maximum Gasteiger partial charge on any atom is 0.339 e. The molecular formula is C22H24NO3+. The Balaban J connectivity index is 1.68. The van der Waals surface area contributed by atoms with Gasteiger partial charge in [-0.2, -0.15) is 0 Å². The average Bonchev–Trinajstić information content (AvgIpc) is 2.95. The third-order valence-electron chi connectivity index (χ3n) is 5.75. The van der Waals surface area contributed by atoms with E-state index in [9.17, 15) is 9.59 Å². The molecule has 2 aliphatic rings. The Bertz CT molecular complexity index is 879. The zero-order chi connectivity index (χ0) is 18.3. The lowest BCUT2D eigenvalue weighted by Gasteiger charge is -2.35. The first-order chi connectivity index (χ1) is 12.5. The predicted molar refractivity (Wildman–Crippen MR) is 99.2 cm³/mol. The molecule has 1 fully saturated rings. The second kappa shape index (κ2) is 6.36. The highest BCUT2D eigenvalue weighted by atomic mass is 16.6. The molecule has 4 rings (SSSR count). The van der Waals surface area contributed by atoms with Gasteiger partial charge in [-0.05, 0) is 25.5 Å². The normalized spacial score (nSPS) is 16.9. The highest BCUT2D eigenvalue weighted by Gasteiger charge is 2.37. The van der Waals surface area contributed by atoms with Crippen LogP contribution < -0.4 is 5.32 Å². The number of fused-ring (bicyclic) bond motifs is 3. The number of carbonyl (C=O) groups is 2. The predicted octanol–water partition coefficient (Wildman–Crippen LogP) is 2.81. The molecule has 134 valence electrons. The highest BCUT2D eigenvalue weighted by molar-refractivity contribution is 6.24. The summed E-state index contributed by atoms with van der Waals surface area (Å²) in [6, 6.07) is 12.8. The number of nitrogens with two attached hydrogens (primary N) is 1. The fourth-order valence-electron chi connectivity index (χ4n) is 4.25. The summed E-state index contributed by atoms with van der Waals surface area (Å²) in [5.74, 6) is 0.000336. The Morgan fingerprint density at radius 1 is 1.00 bits per heavy atom. The summed E-state index contributed by atoms with van der Waals surface area (Å²) in [7, 11) is 0. The van der Waals surface area contributed by atoms with Gasteiger partial charge in [0.2, 0.25) is 0 Å². The van der Waals surface area contributed by atoms with Crippen LogP contribution >= 0.6 is 0 Å². The van der Waals surface area contributed by atoms with E-state index in [1.807, 2.05) is 38.1 Å². The van der Waals surface area contributed by atoms with Crippen molar-refractivity contribution in [2.45, 2.75) is 32.3 Å². The smallest absolute Gasteiger partial charge is 0.339 e. The summed E-state index contributed by atoms with van der Waals surface area (Å²) in [6.07, 6.45) is 2.10. The van der Waals surface area contributed by atoms with Crippen molar-refractivity contribution >= 4 is 11.8 Å². The van der Waals surface area contributed by atoms with Crippen molar-refractivity contribution in [3.05, 3.63) is 59.2 Å². The van der Waals surface area contributed by atoms with Gasteiger partial charge in [-0.3, -0.25) is 4.79 Å². The second-order valence-electron chi connectivity index (χ2n) is 7.74. The van der Waals surface area contributed by atoms with Crippen LogP contribution in [-0.4, -0.2) is 30.4 Å². The Hall–Kier alpha value is -2.46. The van der Waals surface area contributed by atoms with Gasteiger partial charge in [-0.1, -0.05) is 36.4 Å². The van der Waals surface area contributed by atoms with Crippen molar-refractivity contribution in [1.29, 1.82) is 0 Å². The summed E-state index contributed by atoms with van der Waals surface area (Å²) in [6.45, 7) is 6.16. The van der Waals surface area contributed by atoms with Gasteiger partial charge in [-0.15, -0.1) is 0 Å². The van der Waals surface area contributed by atoms with Crippen LogP contribution in [0.2, 0.25) is 0 Å². The number of piperidine rings is 1. The van der Waals surface area contributed by atoms with E-state index >= 15 is 0 Å². The quantitative estimate of drug-likeness (QED) is 0.739. The SMILES string of the molecule is CC(C)(OC(=O)c1cccc2c1-c1ccccc1C2=O)C1CC[NH2+]CC1. The van der Waals surface area contributed by atoms with Gasteiger partial charge in [0.15, 0.2) is 5.78 Å². The summed E-state index contributed by atoms with van der Waals surface area (Å²) >= 11 is 0. The van der Waals surface area contributed by atoms with Crippen LogP contribution in [0.15, 0.2) is 42.5 Å². The standard InChI is InChI=1S/C22H23NO3/c1-22(2,14-10-12-23-13-11-14)26-21(25)18-9-5-8-17-19(18)15-6-3-4-7-16(15)20(17)24/h3-9,14,23H,10-13H2,1-2H3/p+1. The molecule has 26 heavy (non-hydrogen) atoms. The highest BCUT2D eigenvalue weighted by Crippen LogP contribution is 2.39. The molecule has 4 nitrogen and oxygen atoms in total. The van der Waals surface area contributed by atoms with E-state index in [4.69, 9.17) is 4.74 Å². The zero-order valence-corrected chi connectivity index (χ0v) is 15.2. The van der Waals surface area contributed by atoms with Gasteiger partial charge in [-0.25, -0.2) is 4.79 Å². The summed E-state index contributed by atoms with van der Waals surface area (Å²) in [4.78, 5) is 25.7. The fraction of sp³-hybridized carbons (Fsp3) is 0.364. The first kappa shape index (κ1) is 17.0. The third kappa shape index (κ3) is 2.74. The molecule has 0 radical (unpaired) electrons. The number of ketones is 1. The number of carbonyl (C=O) groups excluding carboxylic acids is 2. The molecule has 0 aromatic heterocycles. The van der Waals surface area contributed by atoms with Crippen molar-refractivity contribution in [2.75, 3.05) is 13.1 Å². The number of esters is 1.